The van der Waals surface area contributed by atoms with Crippen molar-refractivity contribution in [1.82, 2.24) is 15.5 Å². The minimum atomic E-state index is -0.990. The van der Waals surface area contributed by atoms with Crippen LogP contribution in [0.25, 0.3) is 0 Å². The van der Waals surface area contributed by atoms with Crippen LogP contribution in [-0.2, 0) is 14.3 Å². The van der Waals surface area contributed by atoms with E-state index in [1.807, 2.05) is 20.8 Å². The number of alkyl carbamates (subject to hydrolysis) is 1. The van der Waals surface area contributed by atoms with Gasteiger partial charge >= 0.3 is 6.09 Å². The van der Waals surface area contributed by atoms with Crippen LogP contribution >= 0.6 is 12.6 Å². The van der Waals surface area contributed by atoms with Crippen molar-refractivity contribution in [2.45, 2.75) is 71.7 Å². The summed E-state index contributed by atoms with van der Waals surface area (Å²) < 4.78 is 5.27. The quantitative estimate of drug-likeness (QED) is 0.430. The van der Waals surface area contributed by atoms with E-state index in [1.165, 1.54) is 4.90 Å². The van der Waals surface area contributed by atoms with Crippen LogP contribution in [0.2, 0.25) is 0 Å². The zero-order chi connectivity index (χ0) is 24.7. The van der Waals surface area contributed by atoms with Gasteiger partial charge in [-0.05, 0) is 60.1 Å². The third-order valence-electron chi connectivity index (χ3n) is 4.26. The number of amides is 3. The number of carbonyl (C=O) groups excluding carboxylic acids is 3. The maximum Gasteiger partial charge on any atom is 0.408 e. The number of nitrogens with one attached hydrogen (secondary N) is 2. The first-order chi connectivity index (χ1) is 14.7. The van der Waals surface area contributed by atoms with Crippen LogP contribution in [0.15, 0.2) is 24.3 Å². The van der Waals surface area contributed by atoms with Crippen molar-refractivity contribution in [3.05, 3.63) is 35.4 Å². The van der Waals surface area contributed by atoms with E-state index in [4.69, 9.17) is 11.2 Å². The molecule has 8 heteroatoms. The Hall–Kier alpha value is -2.66. The summed E-state index contributed by atoms with van der Waals surface area (Å²) in [5.41, 5.74) is -0.211. The van der Waals surface area contributed by atoms with Crippen molar-refractivity contribution in [3.8, 4) is 12.3 Å². The van der Waals surface area contributed by atoms with Gasteiger partial charge in [0.1, 0.15) is 17.7 Å². The van der Waals surface area contributed by atoms with E-state index in [0.29, 0.717) is 11.1 Å². The lowest BCUT2D eigenvalue weighted by Gasteiger charge is -2.35. The van der Waals surface area contributed by atoms with E-state index < -0.39 is 35.2 Å². The summed E-state index contributed by atoms with van der Waals surface area (Å²) >= 11 is 4.24. The second kappa shape index (κ2) is 11.3. The smallest absolute Gasteiger partial charge is 0.408 e. The molecule has 0 heterocycles. The van der Waals surface area contributed by atoms with Crippen molar-refractivity contribution in [2.24, 2.45) is 0 Å². The summed E-state index contributed by atoms with van der Waals surface area (Å²) in [6.07, 6.45) is 4.94. The lowest BCUT2D eigenvalue weighted by atomic mass is 9.96. The molecule has 32 heavy (non-hydrogen) atoms. The number of carbonyl (C=O) groups is 3. The van der Waals surface area contributed by atoms with Gasteiger partial charge in [-0.25, -0.2) is 4.79 Å². The number of hydrogen-bond acceptors (Lipinski definition) is 5. The zero-order valence-corrected chi connectivity index (χ0v) is 20.9. The number of nitrogens with zero attached hydrogens (tertiary/aromatic N) is 1. The van der Waals surface area contributed by atoms with Gasteiger partial charge in [0.15, 0.2) is 0 Å². The second-order valence-corrected chi connectivity index (χ2v) is 9.74. The molecule has 7 nitrogen and oxygen atoms in total. The highest BCUT2D eigenvalue weighted by Crippen LogP contribution is 2.26. The van der Waals surface area contributed by atoms with E-state index in [-0.39, 0.29) is 18.2 Å². The van der Waals surface area contributed by atoms with Crippen LogP contribution in [-0.4, -0.2) is 52.3 Å². The Morgan fingerprint density at radius 1 is 1.16 bits per heavy atom. The predicted molar refractivity (Wildman–Crippen MR) is 129 cm³/mol. The van der Waals surface area contributed by atoms with Gasteiger partial charge in [0.05, 0.1) is 0 Å². The van der Waals surface area contributed by atoms with Crippen LogP contribution in [0.4, 0.5) is 4.79 Å². The first-order valence-electron chi connectivity index (χ1n) is 10.5. The molecule has 2 atom stereocenters. The Kier molecular flexibility index (Phi) is 9.65. The van der Waals surface area contributed by atoms with Gasteiger partial charge in [-0.15, -0.1) is 6.42 Å². The normalized spacial score (nSPS) is 13.3. The largest absolute Gasteiger partial charge is 0.444 e. The molecular formula is C24H35N3O4S. The Balaban J connectivity index is 3.38. The average Bonchev–Trinajstić information content (AvgIpc) is 2.66. The Morgan fingerprint density at radius 3 is 2.22 bits per heavy atom. The summed E-state index contributed by atoms with van der Waals surface area (Å²) in [7, 11) is 0. The lowest BCUT2D eigenvalue weighted by Crippen LogP contribution is -2.55. The molecule has 0 spiro atoms. The standard InChI is InChI=1S/C24H35N3O4S/c1-9-16-13-11-12-14-17(16)19(20(28)26-23(3,4)5)27(10-2)21(29)18(15-32)25-22(30)31-24(6,7)8/h1,11-14,18-19,32H,10,15H2,2-8H3,(H,25,30)(H,26,28). The van der Waals surface area contributed by atoms with E-state index in [9.17, 15) is 14.4 Å². The summed E-state index contributed by atoms with van der Waals surface area (Å²) in [6, 6.07) is 5.02. The van der Waals surface area contributed by atoms with Crippen molar-refractivity contribution in [1.29, 1.82) is 0 Å². The third kappa shape index (κ3) is 8.12. The molecular weight excluding hydrogens is 426 g/mol. The number of likely N-dealkylation sites (N-methyl/N-ethyl adjacent to an activating group) is 1. The molecule has 0 aliphatic heterocycles. The molecule has 0 saturated carbocycles. The van der Waals surface area contributed by atoms with E-state index in [2.05, 4.69) is 29.2 Å². The van der Waals surface area contributed by atoms with Crippen LogP contribution < -0.4 is 10.6 Å². The molecule has 0 aliphatic rings. The van der Waals surface area contributed by atoms with Crippen LogP contribution in [0.3, 0.4) is 0 Å². The molecule has 0 aromatic heterocycles. The van der Waals surface area contributed by atoms with Crippen LogP contribution in [0, 0.1) is 12.3 Å². The fourth-order valence-corrected chi connectivity index (χ4v) is 3.30. The molecule has 1 aromatic rings. The lowest BCUT2D eigenvalue weighted by molar-refractivity contribution is -0.142. The highest BCUT2D eigenvalue weighted by Gasteiger charge is 2.37. The van der Waals surface area contributed by atoms with Gasteiger partial charge in [-0.3, -0.25) is 9.59 Å². The molecule has 1 rings (SSSR count). The SMILES string of the molecule is C#Cc1ccccc1C(C(=O)NC(C)(C)C)N(CC)C(=O)C(CS)NC(=O)OC(C)(C)C. The van der Waals surface area contributed by atoms with Crippen molar-refractivity contribution in [3.63, 3.8) is 0 Å². The number of ether oxygens (including phenoxy) is 1. The molecule has 2 N–H and O–H groups in total. The summed E-state index contributed by atoms with van der Waals surface area (Å²) in [4.78, 5) is 40.5. The van der Waals surface area contributed by atoms with E-state index >= 15 is 0 Å². The first kappa shape index (κ1) is 27.4. The maximum absolute atomic E-state index is 13.5. The fraction of sp³-hybridized carbons (Fsp3) is 0.542. The van der Waals surface area contributed by atoms with E-state index in [1.54, 1.807) is 52.0 Å². The molecule has 0 aliphatic carbocycles. The average molecular weight is 462 g/mol. The Labute approximate surface area is 197 Å². The molecule has 0 saturated heterocycles. The monoisotopic (exact) mass is 461 g/mol. The number of benzene rings is 1. The Bertz CT molecular complexity index is 865. The van der Waals surface area contributed by atoms with Crippen molar-refractivity contribution < 1.29 is 19.1 Å². The molecule has 3 amide bonds. The van der Waals surface area contributed by atoms with Crippen molar-refractivity contribution in [2.75, 3.05) is 12.3 Å². The van der Waals surface area contributed by atoms with Crippen LogP contribution in [0.5, 0.6) is 0 Å². The van der Waals surface area contributed by atoms with Gasteiger partial charge in [-0.1, -0.05) is 24.1 Å². The fourth-order valence-electron chi connectivity index (χ4n) is 3.06. The molecule has 176 valence electrons. The first-order valence-corrected chi connectivity index (χ1v) is 11.2. The summed E-state index contributed by atoms with van der Waals surface area (Å²) in [5, 5.41) is 5.49. The minimum absolute atomic E-state index is 0.0268. The number of thiol groups is 1. The second-order valence-electron chi connectivity index (χ2n) is 9.38. The van der Waals surface area contributed by atoms with Gasteiger partial charge in [-0.2, -0.15) is 12.6 Å². The summed E-state index contributed by atoms with van der Waals surface area (Å²) in [6.45, 7) is 12.7. The van der Waals surface area contributed by atoms with Gasteiger partial charge in [0.25, 0.3) is 0 Å². The molecule has 0 fully saturated rings. The minimum Gasteiger partial charge on any atom is -0.444 e. The Morgan fingerprint density at radius 2 is 1.75 bits per heavy atom. The molecule has 0 radical (unpaired) electrons. The van der Waals surface area contributed by atoms with Gasteiger partial charge in [0, 0.05) is 23.4 Å². The van der Waals surface area contributed by atoms with E-state index in [0.717, 1.165) is 0 Å². The highest BCUT2D eigenvalue weighted by atomic mass is 32.1. The predicted octanol–water partition coefficient (Wildman–Crippen LogP) is 3.30. The van der Waals surface area contributed by atoms with Crippen molar-refractivity contribution >= 4 is 30.5 Å². The number of rotatable bonds is 7. The van der Waals surface area contributed by atoms with Crippen LogP contribution in [0.1, 0.15) is 65.6 Å². The molecule has 2 unspecified atom stereocenters. The van der Waals surface area contributed by atoms with Gasteiger partial charge in [0.2, 0.25) is 11.8 Å². The number of terminal acetylenes is 1. The maximum atomic E-state index is 13.5. The topological polar surface area (TPSA) is 87.7 Å². The molecule has 0 bridgehead atoms. The highest BCUT2D eigenvalue weighted by molar-refractivity contribution is 7.80. The summed E-state index contributed by atoms with van der Waals surface area (Å²) in [5.74, 6) is 1.78. The van der Waals surface area contributed by atoms with Gasteiger partial charge < -0.3 is 20.3 Å². The molecule has 1 aromatic carbocycles. The zero-order valence-electron chi connectivity index (χ0n) is 20.0. The number of hydrogen-bond donors (Lipinski definition) is 3. The third-order valence-corrected chi connectivity index (χ3v) is 4.63.